The number of carbonyl (C=O) groups is 2. The zero-order chi connectivity index (χ0) is 20.3. The highest BCUT2D eigenvalue weighted by Gasteiger charge is 2.18. The zero-order valence-electron chi connectivity index (χ0n) is 16.6. The van der Waals surface area contributed by atoms with Gasteiger partial charge in [0.25, 0.3) is 5.91 Å². The molecule has 0 saturated heterocycles. The predicted molar refractivity (Wildman–Crippen MR) is 109 cm³/mol. The number of hydrogen-bond donors (Lipinski definition) is 2. The van der Waals surface area contributed by atoms with Crippen molar-refractivity contribution in [1.29, 1.82) is 0 Å². The number of fused-ring (bicyclic) bond motifs is 1. The van der Waals surface area contributed by atoms with Crippen molar-refractivity contribution in [3.05, 3.63) is 47.7 Å². The van der Waals surface area contributed by atoms with Gasteiger partial charge in [0.1, 0.15) is 0 Å². The molecule has 0 spiro atoms. The molecule has 0 fully saturated rings. The summed E-state index contributed by atoms with van der Waals surface area (Å²) >= 11 is 0. The minimum absolute atomic E-state index is 0.118. The summed E-state index contributed by atoms with van der Waals surface area (Å²) in [5.41, 5.74) is 4.01. The number of pyridine rings is 1. The van der Waals surface area contributed by atoms with Crippen molar-refractivity contribution in [2.75, 3.05) is 13.1 Å². The fourth-order valence-electron chi connectivity index (χ4n) is 3.09. The van der Waals surface area contributed by atoms with Crippen molar-refractivity contribution < 1.29 is 9.59 Å². The fraction of sp³-hybridized carbons (Fsp3) is 0.333. The van der Waals surface area contributed by atoms with Gasteiger partial charge in [-0.25, -0.2) is 9.67 Å². The average Bonchev–Trinajstić information content (AvgIpc) is 3.08. The van der Waals surface area contributed by atoms with Crippen LogP contribution >= 0.6 is 0 Å². The number of aromatic nitrogens is 3. The highest BCUT2D eigenvalue weighted by molar-refractivity contribution is 6.06. The minimum atomic E-state index is -0.212. The highest BCUT2D eigenvalue weighted by atomic mass is 16.2. The van der Waals surface area contributed by atoms with Crippen LogP contribution in [-0.4, -0.2) is 39.7 Å². The van der Waals surface area contributed by atoms with Crippen LogP contribution in [0.1, 0.15) is 42.7 Å². The van der Waals surface area contributed by atoms with Gasteiger partial charge in [0.15, 0.2) is 5.65 Å². The van der Waals surface area contributed by atoms with Crippen LogP contribution in [-0.2, 0) is 4.79 Å². The van der Waals surface area contributed by atoms with Gasteiger partial charge in [-0.1, -0.05) is 24.3 Å². The Labute approximate surface area is 164 Å². The Morgan fingerprint density at radius 2 is 1.86 bits per heavy atom. The molecule has 0 atom stereocenters. The predicted octanol–water partition coefficient (Wildman–Crippen LogP) is 2.85. The number of amides is 2. The van der Waals surface area contributed by atoms with Gasteiger partial charge in [-0.2, -0.15) is 5.10 Å². The highest BCUT2D eigenvalue weighted by Crippen LogP contribution is 2.28. The number of hydrogen-bond acceptors (Lipinski definition) is 4. The lowest BCUT2D eigenvalue weighted by Crippen LogP contribution is -2.33. The molecule has 3 rings (SSSR count). The minimum Gasteiger partial charge on any atom is -0.355 e. The maximum absolute atomic E-state index is 12.9. The summed E-state index contributed by atoms with van der Waals surface area (Å²) in [5.74, 6) is -0.337. The van der Waals surface area contributed by atoms with E-state index >= 15 is 0 Å². The second-order valence-electron chi connectivity index (χ2n) is 7.03. The van der Waals surface area contributed by atoms with Gasteiger partial charge in [0.05, 0.1) is 22.8 Å². The van der Waals surface area contributed by atoms with E-state index in [9.17, 15) is 9.59 Å². The molecule has 3 aromatic rings. The third-order valence-corrected chi connectivity index (χ3v) is 4.51. The number of nitrogens with zero attached hydrogens (tertiary/aromatic N) is 3. The molecule has 0 aliphatic rings. The van der Waals surface area contributed by atoms with E-state index in [1.807, 2.05) is 55.8 Å². The van der Waals surface area contributed by atoms with Crippen LogP contribution in [0.25, 0.3) is 22.3 Å². The number of nitrogens with one attached hydrogen (secondary N) is 2. The smallest absolute Gasteiger partial charge is 0.252 e. The van der Waals surface area contributed by atoms with E-state index in [2.05, 4.69) is 15.7 Å². The first-order chi connectivity index (χ1) is 13.4. The third-order valence-electron chi connectivity index (χ3n) is 4.51. The Bertz CT molecular complexity index is 1020. The molecule has 2 amide bonds. The number of rotatable bonds is 6. The van der Waals surface area contributed by atoms with Crippen molar-refractivity contribution in [3.63, 3.8) is 0 Å². The van der Waals surface area contributed by atoms with E-state index in [1.54, 1.807) is 6.20 Å². The molecule has 7 heteroatoms. The summed E-state index contributed by atoms with van der Waals surface area (Å²) in [7, 11) is 0. The Kier molecular flexibility index (Phi) is 5.73. The van der Waals surface area contributed by atoms with Crippen LogP contribution in [0, 0.1) is 6.92 Å². The summed E-state index contributed by atoms with van der Waals surface area (Å²) in [5, 5.41) is 10.7. The van der Waals surface area contributed by atoms with E-state index in [0.29, 0.717) is 29.7 Å². The van der Waals surface area contributed by atoms with Crippen molar-refractivity contribution >= 4 is 22.8 Å². The lowest BCUT2D eigenvalue weighted by molar-refractivity contribution is -0.118. The van der Waals surface area contributed by atoms with Gasteiger partial charge in [-0.3, -0.25) is 9.59 Å². The second-order valence-corrected chi connectivity index (χ2v) is 7.03. The molecule has 0 radical (unpaired) electrons. The Morgan fingerprint density at radius 3 is 2.54 bits per heavy atom. The summed E-state index contributed by atoms with van der Waals surface area (Å²) in [6.45, 7) is 8.26. The fourth-order valence-corrected chi connectivity index (χ4v) is 3.09. The molecule has 28 heavy (non-hydrogen) atoms. The molecule has 0 saturated carbocycles. The SMILES string of the molecule is CC(=O)NCCNC(=O)c1cc(-c2ccccc2C)nc2c1cnn2C(C)C. The summed E-state index contributed by atoms with van der Waals surface area (Å²) < 4.78 is 1.82. The summed E-state index contributed by atoms with van der Waals surface area (Å²) in [4.78, 5) is 28.7. The second kappa shape index (κ2) is 8.21. The Morgan fingerprint density at radius 1 is 1.14 bits per heavy atom. The van der Waals surface area contributed by atoms with Gasteiger partial charge in [0.2, 0.25) is 5.91 Å². The van der Waals surface area contributed by atoms with Crippen LogP contribution in [0.5, 0.6) is 0 Å². The summed E-state index contributed by atoms with van der Waals surface area (Å²) in [6.07, 6.45) is 1.69. The quantitative estimate of drug-likeness (QED) is 0.645. The monoisotopic (exact) mass is 379 g/mol. The maximum atomic E-state index is 12.9. The number of aryl methyl sites for hydroxylation is 1. The van der Waals surface area contributed by atoms with Gasteiger partial charge in [0, 0.05) is 31.6 Å². The molecular formula is C21H25N5O2. The van der Waals surface area contributed by atoms with Crippen molar-refractivity contribution in [1.82, 2.24) is 25.4 Å². The molecule has 2 heterocycles. The van der Waals surface area contributed by atoms with Crippen LogP contribution in [0.4, 0.5) is 0 Å². The van der Waals surface area contributed by atoms with Gasteiger partial charge >= 0.3 is 0 Å². The molecule has 0 bridgehead atoms. The molecule has 2 N–H and O–H groups in total. The molecule has 146 valence electrons. The molecule has 0 aliphatic heterocycles. The first-order valence-electron chi connectivity index (χ1n) is 9.35. The van der Waals surface area contributed by atoms with Gasteiger partial charge in [-0.05, 0) is 32.4 Å². The Balaban J connectivity index is 2.04. The molecular weight excluding hydrogens is 354 g/mol. The first kappa shape index (κ1) is 19.5. The van der Waals surface area contributed by atoms with E-state index in [4.69, 9.17) is 4.98 Å². The number of benzene rings is 1. The van der Waals surface area contributed by atoms with Crippen molar-refractivity contribution in [3.8, 4) is 11.3 Å². The largest absolute Gasteiger partial charge is 0.355 e. The molecule has 0 unspecified atom stereocenters. The Hall–Kier alpha value is -3.22. The number of carbonyl (C=O) groups excluding carboxylic acids is 2. The van der Waals surface area contributed by atoms with Crippen molar-refractivity contribution in [2.45, 2.75) is 33.7 Å². The normalized spacial score (nSPS) is 11.0. The van der Waals surface area contributed by atoms with E-state index in [0.717, 1.165) is 16.8 Å². The average molecular weight is 379 g/mol. The topological polar surface area (TPSA) is 88.9 Å². The molecule has 1 aromatic carbocycles. The zero-order valence-corrected chi connectivity index (χ0v) is 16.6. The molecule has 0 aliphatic carbocycles. The van der Waals surface area contributed by atoms with Crippen LogP contribution in [0.3, 0.4) is 0 Å². The summed E-state index contributed by atoms with van der Waals surface area (Å²) in [6, 6.07) is 9.89. The van der Waals surface area contributed by atoms with Crippen molar-refractivity contribution in [2.24, 2.45) is 0 Å². The molecule has 7 nitrogen and oxygen atoms in total. The van der Waals surface area contributed by atoms with E-state index < -0.39 is 0 Å². The van der Waals surface area contributed by atoms with Gasteiger partial charge < -0.3 is 10.6 Å². The molecule has 2 aromatic heterocycles. The van der Waals surface area contributed by atoms with Crippen LogP contribution in [0.15, 0.2) is 36.5 Å². The standard InChI is InChI=1S/C21H25N5O2/c1-13(2)26-20-18(12-24-26)17(21(28)23-10-9-22-15(4)27)11-19(25-20)16-8-6-5-7-14(16)3/h5-8,11-13H,9-10H2,1-4H3,(H,22,27)(H,23,28). The van der Waals surface area contributed by atoms with Crippen LogP contribution in [0.2, 0.25) is 0 Å². The lowest BCUT2D eigenvalue weighted by Gasteiger charge is -2.12. The van der Waals surface area contributed by atoms with E-state index in [1.165, 1.54) is 6.92 Å². The third kappa shape index (κ3) is 4.03. The first-order valence-corrected chi connectivity index (χ1v) is 9.35. The maximum Gasteiger partial charge on any atom is 0.252 e. The van der Waals surface area contributed by atoms with E-state index in [-0.39, 0.29) is 17.9 Å². The lowest BCUT2D eigenvalue weighted by atomic mass is 10.0. The van der Waals surface area contributed by atoms with Gasteiger partial charge in [-0.15, -0.1) is 0 Å². The van der Waals surface area contributed by atoms with Crippen LogP contribution < -0.4 is 10.6 Å².